The average Bonchev–Trinajstić information content (AvgIpc) is 2.29. The molecule has 1 amide bonds. The van der Waals surface area contributed by atoms with Gasteiger partial charge in [-0.15, -0.1) is 0 Å². The summed E-state index contributed by atoms with van der Waals surface area (Å²) in [7, 11) is 0. The molecule has 0 aliphatic heterocycles. The fraction of sp³-hybridized carbons (Fsp3) is 0.385. The first-order chi connectivity index (χ1) is 8.47. The van der Waals surface area contributed by atoms with Crippen molar-refractivity contribution < 1.29 is 14.7 Å². The Balaban J connectivity index is 2.36. The molecule has 2 N–H and O–H groups in total. The number of aliphatic carboxylic acids is 1. The molecule has 0 aliphatic rings. The predicted molar refractivity (Wildman–Crippen MR) is 72.3 cm³/mol. The van der Waals surface area contributed by atoms with Crippen molar-refractivity contribution >= 4 is 27.8 Å². The Labute approximate surface area is 115 Å². The zero-order chi connectivity index (χ0) is 13.5. The minimum atomic E-state index is -0.953. The van der Waals surface area contributed by atoms with Crippen molar-refractivity contribution in [3.8, 4) is 0 Å². The Bertz CT molecular complexity index is 417. The summed E-state index contributed by atoms with van der Waals surface area (Å²) in [6, 6.07) is 7.88. The fourth-order valence-electron chi connectivity index (χ4n) is 1.59. The van der Waals surface area contributed by atoms with Gasteiger partial charge in [-0.3, -0.25) is 9.59 Å². The van der Waals surface area contributed by atoms with Gasteiger partial charge in [-0.2, -0.15) is 0 Å². The molecule has 1 atom stereocenters. The summed E-state index contributed by atoms with van der Waals surface area (Å²) < 4.78 is 1.02. The minimum absolute atomic E-state index is 0.00697. The molecule has 1 aromatic carbocycles. The molecule has 0 spiro atoms. The number of carbonyl (C=O) groups is 2. The molecule has 0 fully saturated rings. The van der Waals surface area contributed by atoms with E-state index < -0.39 is 5.97 Å². The van der Waals surface area contributed by atoms with Gasteiger partial charge in [-0.1, -0.05) is 28.1 Å². The molecule has 1 rings (SSSR count). The summed E-state index contributed by atoms with van der Waals surface area (Å²) >= 11 is 3.36. The van der Waals surface area contributed by atoms with Crippen LogP contribution in [0.4, 0.5) is 0 Å². The molecule has 98 valence electrons. The molecule has 18 heavy (non-hydrogen) atoms. The standard InChI is InChI=1S/C13H16BrNO3/c1-9(15-12(16)6-7-13(17)18)8-10-2-4-11(14)5-3-10/h2-5,9H,6-8H2,1H3,(H,15,16)(H,17,18). The summed E-state index contributed by atoms with van der Waals surface area (Å²) in [5, 5.41) is 11.3. The van der Waals surface area contributed by atoms with E-state index in [0.29, 0.717) is 0 Å². The maximum atomic E-state index is 11.4. The van der Waals surface area contributed by atoms with E-state index in [-0.39, 0.29) is 24.8 Å². The van der Waals surface area contributed by atoms with Gasteiger partial charge in [-0.25, -0.2) is 0 Å². The van der Waals surface area contributed by atoms with Gasteiger partial charge in [0.05, 0.1) is 6.42 Å². The number of rotatable bonds is 6. The van der Waals surface area contributed by atoms with Gasteiger partial charge < -0.3 is 10.4 Å². The second-order valence-corrected chi connectivity index (χ2v) is 5.11. The van der Waals surface area contributed by atoms with Crippen LogP contribution in [0.1, 0.15) is 25.3 Å². The molecule has 0 aliphatic carbocycles. The van der Waals surface area contributed by atoms with Gasteiger partial charge in [0.2, 0.25) is 5.91 Å². The van der Waals surface area contributed by atoms with E-state index >= 15 is 0 Å². The van der Waals surface area contributed by atoms with E-state index in [2.05, 4.69) is 21.2 Å². The van der Waals surface area contributed by atoms with Crippen molar-refractivity contribution in [1.82, 2.24) is 5.32 Å². The lowest BCUT2D eigenvalue weighted by Gasteiger charge is -2.13. The zero-order valence-corrected chi connectivity index (χ0v) is 11.7. The summed E-state index contributed by atoms with van der Waals surface area (Å²) in [6.45, 7) is 1.90. The topological polar surface area (TPSA) is 66.4 Å². The lowest BCUT2D eigenvalue weighted by atomic mass is 10.1. The monoisotopic (exact) mass is 313 g/mol. The summed E-state index contributed by atoms with van der Waals surface area (Å²) in [4.78, 5) is 21.7. The number of halogens is 1. The molecule has 0 radical (unpaired) electrons. The van der Waals surface area contributed by atoms with Gasteiger partial charge in [-0.05, 0) is 31.0 Å². The number of carboxylic acids is 1. The number of hydrogen-bond acceptors (Lipinski definition) is 2. The van der Waals surface area contributed by atoms with Crippen LogP contribution < -0.4 is 5.32 Å². The third-order valence-electron chi connectivity index (χ3n) is 2.43. The van der Waals surface area contributed by atoms with Crippen molar-refractivity contribution in [2.75, 3.05) is 0 Å². The highest BCUT2D eigenvalue weighted by molar-refractivity contribution is 9.10. The Morgan fingerprint density at radius 1 is 1.28 bits per heavy atom. The Morgan fingerprint density at radius 3 is 2.44 bits per heavy atom. The van der Waals surface area contributed by atoms with Crippen LogP contribution in [0.3, 0.4) is 0 Å². The molecule has 0 aromatic heterocycles. The van der Waals surface area contributed by atoms with Crippen LogP contribution in [0.5, 0.6) is 0 Å². The zero-order valence-electron chi connectivity index (χ0n) is 10.1. The van der Waals surface area contributed by atoms with Crippen LogP contribution in [-0.2, 0) is 16.0 Å². The van der Waals surface area contributed by atoms with E-state index in [4.69, 9.17) is 5.11 Å². The van der Waals surface area contributed by atoms with Gasteiger partial charge >= 0.3 is 5.97 Å². The highest BCUT2D eigenvalue weighted by Gasteiger charge is 2.09. The lowest BCUT2D eigenvalue weighted by molar-refractivity contribution is -0.138. The van der Waals surface area contributed by atoms with Crippen molar-refractivity contribution in [2.24, 2.45) is 0 Å². The maximum Gasteiger partial charge on any atom is 0.303 e. The maximum absolute atomic E-state index is 11.4. The minimum Gasteiger partial charge on any atom is -0.481 e. The van der Waals surface area contributed by atoms with E-state index in [1.807, 2.05) is 31.2 Å². The molecular weight excluding hydrogens is 298 g/mol. The largest absolute Gasteiger partial charge is 0.481 e. The normalized spacial score (nSPS) is 11.9. The van der Waals surface area contributed by atoms with Crippen molar-refractivity contribution in [3.63, 3.8) is 0 Å². The number of hydrogen-bond donors (Lipinski definition) is 2. The Kier molecular flexibility index (Phi) is 5.85. The molecule has 5 heteroatoms. The smallest absolute Gasteiger partial charge is 0.303 e. The van der Waals surface area contributed by atoms with Gasteiger partial charge in [0.15, 0.2) is 0 Å². The summed E-state index contributed by atoms with van der Waals surface area (Å²) in [6.07, 6.45) is 0.628. The quantitative estimate of drug-likeness (QED) is 0.847. The SMILES string of the molecule is CC(Cc1ccc(Br)cc1)NC(=O)CCC(=O)O. The summed E-state index contributed by atoms with van der Waals surface area (Å²) in [5.41, 5.74) is 1.13. The number of carboxylic acid groups (broad SMARTS) is 1. The molecule has 4 nitrogen and oxygen atoms in total. The number of nitrogens with one attached hydrogen (secondary N) is 1. The molecule has 1 unspecified atom stereocenters. The first-order valence-corrected chi connectivity index (χ1v) is 6.52. The van der Waals surface area contributed by atoms with E-state index in [0.717, 1.165) is 16.5 Å². The number of amides is 1. The highest BCUT2D eigenvalue weighted by Crippen LogP contribution is 2.11. The highest BCUT2D eigenvalue weighted by atomic mass is 79.9. The predicted octanol–water partition coefficient (Wildman–Crippen LogP) is 2.36. The Hall–Kier alpha value is -1.36. The fourth-order valence-corrected chi connectivity index (χ4v) is 1.86. The van der Waals surface area contributed by atoms with E-state index in [9.17, 15) is 9.59 Å². The second-order valence-electron chi connectivity index (χ2n) is 4.19. The van der Waals surface area contributed by atoms with Crippen LogP contribution in [-0.4, -0.2) is 23.0 Å². The van der Waals surface area contributed by atoms with Crippen molar-refractivity contribution in [1.29, 1.82) is 0 Å². The van der Waals surface area contributed by atoms with Crippen LogP contribution in [0, 0.1) is 0 Å². The molecule has 0 saturated carbocycles. The molecule has 0 saturated heterocycles. The average molecular weight is 314 g/mol. The molecule has 1 aromatic rings. The van der Waals surface area contributed by atoms with Crippen LogP contribution in [0.15, 0.2) is 28.7 Å². The molecular formula is C13H16BrNO3. The lowest BCUT2D eigenvalue weighted by Crippen LogP contribution is -2.34. The molecule has 0 bridgehead atoms. The van der Waals surface area contributed by atoms with Crippen LogP contribution in [0.2, 0.25) is 0 Å². The molecule has 0 heterocycles. The second kappa shape index (κ2) is 7.16. The van der Waals surface area contributed by atoms with E-state index in [1.165, 1.54) is 0 Å². The number of carbonyl (C=O) groups excluding carboxylic acids is 1. The third-order valence-corrected chi connectivity index (χ3v) is 2.96. The first kappa shape index (κ1) is 14.7. The van der Waals surface area contributed by atoms with Crippen LogP contribution >= 0.6 is 15.9 Å². The van der Waals surface area contributed by atoms with Gasteiger partial charge in [0.25, 0.3) is 0 Å². The Morgan fingerprint density at radius 2 is 1.89 bits per heavy atom. The first-order valence-electron chi connectivity index (χ1n) is 5.73. The number of benzene rings is 1. The third kappa shape index (κ3) is 5.82. The van der Waals surface area contributed by atoms with Gasteiger partial charge in [0, 0.05) is 16.9 Å². The van der Waals surface area contributed by atoms with Crippen LogP contribution in [0.25, 0.3) is 0 Å². The van der Waals surface area contributed by atoms with Gasteiger partial charge in [0.1, 0.15) is 0 Å². The van der Waals surface area contributed by atoms with Crippen molar-refractivity contribution in [3.05, 3.63) is 34.3 Å². The van der Waals surface area contributed by atoms with E-state index in [1.54, 1.807) is 0 Å². The van der Waals surface area contributed by atoms with Crippen molar-refractivity contribution in [2.45, 2.75) is 32.2 Å². The summed E-state index contributed by atoms with van der Waals surface area (Å²) in [5.74, 6) is -1.17.